The second kappa shape index (κ2) is 12.9. The molecule has 9 nitrogen and oxygen atoms in total. The van der Waals surface area contributed by atoms with Crippen molar-refractivity contribution in [3.8, 4) is 10.4 Å². The van der Waals surface area contributed by atoms with Crippen molar-refractivity contribution >= 4 is 44.7 Å². The van der Waals surface area contributed by atoms with Gasteiger partial charge in [0.25, 0.3) is 0 Å². The van der Waals surface area contributed by atoms with Gasteiger partial charge in [0.1, 0.15) is 21.4 Å². The van der Waals surface area contributed by atoms with E-state index in [-0.39, 0.29) is 27.9 Å². The van der Waals surface area contributed by atoms with Crippen LogP contribution >= 0.6 is 11.3 Å². The van der Waals surface area contributed by atoms with Crippen molar-refractivity contribution in [2.45, 2.75) is 68.7 Å². The lowest BCUT2D eigenvalue weighted by atomic mass is 9.82. The van der Waals surface area contributed by atoms with Gasteiger partial charge in [-0.05, 0) is 67.5 Å². The molecule has 3 aromatic rings. The average Bonchev–Trinajstić information content (AvgIpc) is 3.29. The fourth-order valence-electron chi connectivity index (χ4n) is 6.77. The number of aromatic carboxylic acids is 1. The highest BCUT2D eigenvalue weighted by Crippen LogP contribution is 2.42. The molecule has 12 heteroatoms. The Kier molecular flexibility index (Phi) is 9.02. The molecule has 44 heavy (non-hydrogen) atoms. The summed E-state index contributed by atoms with van der Waals surface area (Å²) in [5, 5.41) is 10.1. The van der Waals surface area contributed by atoms with Gasteiger partial charge in [-0.1, -0.05) is 44.2 Å². The standard InChI is InChI=1S/C32H37FN4O5S2/c33-24-12-10-23(11-13-24)28-18-26(31(43-28)32(39)40)37-27(22-8-4-3-5-9-22)20-36(21-30(37)38)44(41,42)25-14-15-29(34-19-25)35-16-6-1-2-7-17-35/h10-15,18-19,22,27H,1-9,16-17,20-21H2,(H,39,40)/t27-/m0/s1. The first kappa shape index (κ1) is 30.7. The highest BCUT2D eigenvalue weighted by atomic mass is 32.2. The van der Waals surface area contributed by atoms with E-state index >= 15 is 0 Å². The maximum absolute atomic E-state index is 14.0. The number of nitrogens with zero attached hydrogens (tertiary/aromatic N) is 4. The van der Waals surface area contributed by atoms with Gasteiger partial charge in [0.05, 0.1) is 18.3 Å². The third-order valence-electron chi connectivity index (χ3n) is 9.08. The van der Waals surface area contributed by atoms with E-state index in [1.165, 1.54) is 40.4 Å². The van der Waals surface area contributed by atoms with E-state index < -0.39 is 40.3 Å². The topological polar surface area (TPSA) is 111 Å². The van der Waals surface area contributed by atoms with Crippen LogP contribution in [0.3, 0.4) is 0 Å². The van der Waals surface area contributed by atoms with E-state index in [1.54, 1.807) is 30.3 Å². The molecule has 2 aliphatic heterocycles. The third kappa shape index (κ3) is 6.25. The van der Waals surface area contributed by atoms with Crippen LogP contribution in [-0.4, -0.2) is 66.9 Å². The molecule has 1 saturated carbocycles. The molecule has 0 bridgehead atoms. The van der Waals surface area contributed by atoms with Crippen molar-refractivity contribution in [2.24, 2.45) is 5.92 Å². The van der Waals surface area contributed by atoms with Gasteiger partial charge >= 0.3 is 5.97 Å². The molecule has 1 atom stereocenters. The minimum absolute atomic E-state index is 0.00286. The van der Waals surface area contributed by atoms with Gasteiger partial charge in [-0.15, -0.1) is 11.3 Å². The predicted molar refractivity (Wildman–Crippen MR) is 168 cm³/mol. The first-order valence-corrected chi connectivity index (χ1v) is 17.6. The Morgan fingerprint density at radius 1 is 0.955 bits per heavy atom. The monoisotopic (exact) mass is 640 g/mol. The van der Waals surface area contributed by atoms with Crippen LogP contribution < -0.4 is 9.80 Å². The Morgan fingerprint density at radius 2 is 1.64 bits per heavy atom. The number of amides is 1. The molecule has 2 saturated heterocycles. The van der Waals surface area contributed by atoms with Gasteiger partial charge in [0, 0.05) is 30.7 Å². The second-order valence-electron chi connectivity index (χ2n) is 11.9. The lowest BCUT2D eigenvalue weighted by molar-refractivity contribution is -0.121. The van der Waals surface area contributed by atoms with Crippen LogP contribution in [0.4, 0.5) is 15.9 Å². The summed E-state index contributed by atoms with van der Waals surface area (Å²) in [5.74, 6) is -1.26. The highest BCUT2D eigenvalue weighted by molar-refractivity contribution is 7.89. The number of thiophene rings is 1. The number of carbonyl (C=O) groups is 2. The number of carbonyl (C=O) groups excluding carboxylic acids is 1. The minimum Gasteiger partial charge on any atom is -0.477 e. The number of hydrogen-bond donors (Lipinski definition) is 1. The van der Waals surface area contributed by atoms with Gasteiger partial charge in [-0.25, -0.2) is 22.6 Å². The molecule has 1 amide bonds. The van der Waals surface area contributed by atoms with Crippen molar-refractivity contribution in [2.75, 3.05) is 36.0 Å². The first-order chi connectivity index (χ1) is 21.2. The maximum Gasteiger partial charge on any atom is 0.348 e. The van der Waals surface area contributed by atoms with Gasteiger partial charge < -0.3 is 14.9 Å². The Bertz CT molecular complexity index is 1600. The lowest BCUT2D eigenvalue weighted by Crippen LogP contribution is -2.60. The van der Waals surface area contributed by atoms with Crippen LogP contribution in [0.5, 0.6) is 0 Å². The molecule has 3 aliphatic rings. The van der Waals surface area contributed by atoms with Crippen molar-refractivity contribution in [3.63, 3.8) is 0 Å². The number of hydrogen-bond acceptors (Lipinski definition) is 7. The summed E-state index contributed by atoms with van der Waals surface area (Å²) in [4.78, 5) is 35.2. The minimum atomic E-state index is -4.04. The van der Waals surface area contributed by atoms with Crippen LogP contribution in [0.1, 0.15) is 67.5 Å². The summed E-state index contributed by atoms with van der Waals surface area (Å²) in [6.07, 6.45) is 10.6. The first-order valence-electron chi connectivity index (χ1n) is 15.4. The fraction of sp³-hybridized carbons (Fsp3) is 0.469. The Balaban J connectivity index is 1.32. The van der Waals surface area contributed by atoms with Crippen LogP contribution in [0.2, 0.25) is 0 Å². The van der Waals surface area contributed by atoms with Gasteiger partial charge in [0.2, 0.25) is 15.9 Å². The van der Waals surface area contributed by atoms with Crippen LogP contribution in [0, 0.1) is 11.7 Å². The zero-order valence-corrected chi connectivity index (χ0v) is 26.2. The van der Waals surface area contributed by atoms with Crippen molar-refractivity contribution in [1.82, 2.24) is 9.29 Å². The molecule has 0 spiro atoms. The molecule has 0 unspecified atom stereocenters. The molecule has 2 aromatic heterocycles. The van der Waals surface area contributed by atoms with E-state index in [1.807, 2.05) is 0 Å². The van der Waals surface area contributed by atoms with Crippen LogP contribution in [0.15, 0.2) is 53.6 Å². The maximum atomic E-state index is 14.0. The quantitative estimate of drug-likeness (QED) is 0.337. The van der Waals surface area contributed by atoms with Gasteiger partial charge in [-0.2, -0.15) is 4.31 Å². The molecule has 0 radical (unpaired) electrons. The van der Waals surface area contributed by atoms with Crippen molar-refractivity contribution in [1.29, 1.82) is 0 Å². The summed E-state index contributed by atoms with van der Waals surface area (Å²) in [7, 11) is -4.04. The van der Waals surface area contributed by atoms with Crippen LogP contribution in [-0.2, 0) is 14.8 Å². The van der Waals surface area contributed by atoms with Crippen molar-refractivity contribution in [3.05, 3.63) is 59.4 Å². The third-order valence-corrected chi connectivity index (χ3v) is 12.0. The Labute approximate surface area is 261 Å². The summed E-state index contributed by atoms with van der Waals surface area (Å²) in [5.41, 5.74) is 0.909. The van der Waals surface area contributed by atoms with E-state index in [0.717, 1.165) is 75.2 Å². The molecule has 6 rings (SSSR count). The predicted octanol–water partition coefficient (Wildman–Crippen LogP) is 6.01. The van der Waals surface area contributed by atoms with E-state index in [0.29, 0.717) is 10.4 Å². The Morgan fingerprint density at radius 3 is 2.27 bits per heavy atom. The summed E-state index contributed by atoms with van der Waals surface area (Å²) >= 11 is 1.03. The van der Waals surface area contributed by atoms with Crippen molar-refractivity contribution < 1.29 is 27.5 Å². The van der Waals surface area contributed by atoms with Gasteiger partial charge in [0.15, 0.2) is 0 Å². The number of sulfonamides is 1. The number of carboxylic acid groups (broad SMARTS) is 1. The van der Waals surface area contributed by atoms with E-state index in [2.05, 4.69) is 9.88 Å². The molecule has 234 valence electrons. The smallest absolute Gasteiger partial charge is 0.348 e. The fourth-order valence-corrected chi connectivity index (χ4v) is 9.12. The normalized spacial score (nSPS) is 20.9. The largest absolute Gasteiger partial charge is 0.477 e. The van der Waals surface area contributed by atoms with E-state index in [9.17, 15) is 27.5 Å². The second-order valence-corrected chi connectivity index (χ2v) is 14.9. The SMILES string of the molecule is O=C(O)c1sc(-c2ccc(F)cc2)cc1N1C(=O)CN(S(=O)(=O)c2ccc(N3CCCCCC3)nc2)C[C@H]1C1CCCCC1. The number of piperazine rings is 1. The van der Waals surface area contributed by atoms with Gasteiger partial charge in [-0.3, -0.25) is 4.79 Å². The number of halogens is 1. The molecule has 1 N–H and O–H groups in total. The molecule has 4 heterocycles. The van der Waals surface area contributed by atoms with E-state index in [4.69, 9.17) is 0 Å². The number of anilines is 2. The summed E-state index contributed by atoms with van der Waals surface area (Å²) in [6, 6.07) is 10.2. The number of carboxylic acids is 1. The average molecular weight is 641 g/mol. The lowest BCUT2D eigenvalue weighted by Gasteiger charge is -2.44. The molecule has 3 fully saturated rings. The summed E-state index contributed by atoms with van der Waals surface area (Å²) < 4.78 is 42.7. The van der Waals surface area contributed by atoms with Crippen LogP contribution in [0.25, 0.3) is 10.4 Å². The highest BCUT2D eigenvalue weighted by Gasteiger charge is 2.44. The Hall–Kier alpha value is -3.35. The number of rotatable bonds is 7. The number of aromatic nitrogens is 1. The molecular weight excluding hydrogens is 604 g/mol. The molecule has 1 aliphatic carbocycles. The number of benzene rings is 1. The zero-order valence-electron chi connectivity index (χ0n) is 24.5. The molecule has 1 aromatic carbocycles. The molecular formula is C32H37FN4O5S2. The zero-order chi connectivity index (χ0) is 30.8. The number of pyridine rings is 1. The summed E-state index contributed by atoms with van der Waals surface area (Å²) in [6.45, 7) is 1.44.